The summed E-state index contributed by atoms with van der Waals surface area (Å²) in [6, 6.07) is 10.5. The molecule has 0 atom stereocenters. The number of nitrogens with two attached hydrogens (primary N) is 1. The fourth-order valence-corrected chi connectivity index (χ4v) is 3.11. The minimum atomic E-state index is -0.297. The van der Waals surface area contributed by atoms with Gasteiger partial charge in [0.25, 0.3) is 0 Å². The van der Waals surface area contributed by atoms with Crippen LogP contribution in [-0.4, -0.2) is 27.6 Å². The zero-order chi connectivity index (χ0) is 14.8. The minimum absolute atomic E-state index is 0.141. The molecule has 106 valence electrons. The number of fused-ring (bicyclic) bond motifs is 1. The van der Waals surface area contributed by atoms with Crippen LogP contribution in [0.25, 0.3) is 0 Å². The van der Waals surface area contributed by atoms with E-state index in [1.807, 2.05) is 12.1 Å². The molecule has 0 unspecified atom stereocenters. The van der Waals surface area contributed by atoms with Crippen molar-refractivity contribution in [1.29, 1.82) is 0 Å². The summed E-state index contributed by atoms with van der Waals surface area (Å²) in [4.78, 5) is 12.4. The Bertz CT molecular complexity index is 798. The molecule has 1 aliphatic rings. The summed E-state index contributed by atoms with van der Waals surface area (Å²) in [6.45, 7) is 0. The van der Waals surface area contributed by atoms with Crippen molar-refractivity contribution in [3.05, 3.63) is 42.0 Å². The summed E-state index contributed by atoms with van der Waals surface area (Å²) in [6.07, 6.45) is 0. The van der Waals surface area contributed by atoms with Crippen LogP contribution in [-0.2, 0) is 0 Å². The Morgan fingerprint density at radius 1 is 1.29 bits per heavy atom. The fourth-order valence-electron chi connectivity index (χ4n) is 1.96. The van der Waals surface area contributed by atoms with Gasteiger partial charge >= 0.3 is 127 Å². The van der Waals surface area contributed by atoms with Gasteiger partial charge in [-0.15, -0.1) is 0 Å². The average molecular weight is 347 g/mol. The number of anilines is 2. The third-order valence-corrected chi connectivity index (χ3v) is 4.18. The maximum absolute atomic E-state index is 12.4. The normalized spacial score (nSPS) is 11.7. The van der Waals surface area contributed by atoms with Crippen LogP contribution in [0.2, 0.25) is 0 Å². The first-order valence-electron chi connectivity index (χ1n) is 6.15. The van der Waals surface area contributed by atoms with Crippen LogP contribution in [0.5, 0.6) is 5.75 Å². The number of carbonyl (C=O) groups excluding carboxylic acids is 1. The molecule has 0 aliphatic carbocycles. The molecule has 1 heterocycles. The first-order chi connectivity index (χ1) is 10.2. The zero-order valence-corrected chi connectivity index (χ0v) is 12.9. The standard InChI is InChI=1S/C14H12N4O2Se/c1-20-8-5-6-10(15)9(7-8)14(19)16-11-3-2-4-12-13(11)18-21-17-12/h2-7H,15H2,1H3,(H,16,19). The zero-order valence-electron chi connectivity index (χ0n) is 11.2. The van der Waals surface area contributed by atoms with Crippen molar-refractivity contribution in [2.75, 3.05) is 18.2 Å². The first kappa shape index (κ1) is 13.6. The monoisotopic (exact) mass is 348 g/mol. The number of hydrogen-bond acceptors (Lipinski definition) is 5. The molecule has 0 saturated carbocycles. The van der Waals surface area contributed by atoms with Gasteiger partial charge in [0.15, 0.2) is 0 Å². The van der Waals surface area contributed by atoms with E-state index in [9.17, 15) is 4.79 Å². The van der Waals surface area contributed by atoms with Crippen LogP contribution in [0.1, 0.15) is 10.4 Å². The van der Waals surface area contributed by atoms with Crippen LogP contribution >= 0.6 is 0 Å². The van der Waals surface area contributed by atoms with Gasteiger partial charge in [-0.05, 0) is 0 Å². The number of methoxy groups -OCH3 is 1. The molecular formula is C14H12N4O2Se. The van der Waals surface area contributed by atoms with Crippen LogP contribution in [0.3, 0.4) is 0 Å². The molecule has 2 aromatic rings. The van der Waals surface area contributed by atoms with Crippen molar-refractivity contribution in [1.82, 2.24) is 0 Å². The molecule has 3 N–H and O–H groups in total. The number of nitrogens with one attached hydrogen (secondary N) is 1. The second-order valence-corrected chi connectivity index (χ2v) is 5.45. The van der Waals surface area contributed by atoms with Crippen molar-refractivity contribution >= 4 is 43.2 Å². The van der Waals surface area contributed by atoms with Crippen LogP contribution in [0, 0.1) is 0 Å². The van der Waals surface area contributed by atoms with Gasteiger partial charge in [-0.1, -0.05) is 0 Å². The van der Waals surface area contributed by atoms with Gasteiger partial charge in [0, 0.05) is 0 Å². The van der Waals surface area contributed by atoms with Gasteiger partial charge in [-0.25, -0.2) is 0 Å². The predicted molar refractivity (Wildman–Crippen MR) is 81.7 cm³/mol. The Morgan fingerprint density at radius 2 is 2.14 bits per heavy atom. The number of rotatable bonds is 3. The Kier molecular flexibility index (Phi) is 3.60. The third kappa shape index (κ3) is 2.61. The fraction of sp³-hybridized carbons (Fsp3) is 0.0714. The van der Waals surface area contributed by atoms with Crippen molar-refractivity contribution in [2.45, 2.75) is 0 Å². The topological polar surface area (TPSA) is 89.1 Å². The van der Waals surface area contributed by atoms with E-state index in [0.717, 1.165) is 11.4 Å². The number of benzene rings is 2. The Balaban J connectivity index is 1.91. The second-order valence-electron chi connectivity index (χ2n) is 4.34. The van der Waals surface area contributed by atoms with Crippen molar-refractivity contribution in [2.24, 2.45) is 7.92 Å². The van der Waals surface area contributed by atoms with Crippen molar-refractivity contribution < 1.29 is 9.53 Å². The van der Waals surface area contributed by atoms with E-state index >= 15 is 0 Å². The molecule has 0 aromatic heterocycles. The van der Waals surface area contributed by atoms with E-state index in [1.54, 1.807) is 31.4 Å². The van der Waals surface area contributed by atoms with Crippen LogP contribution < -0.4 is 15.8 Å². The van der Waals surface area contributed by atoms with Crippen LogP contribution in [0.4, 0.5) is 22.7 Å². The molecule has 6 nitrogen and oxygen atoms in total. The Labute approximate surface area is 127 Å². The molecule has 1 amide bonds. The summed E-state index contributed by atoms with van der Waals surface area (Å²) >= 11 is -0.141. The number of ether oxygens (including phenoxy) is 1. The first-order valence-corrected chi connectivity index (χ1v) is 7.68. The van der Waals surface area contributed by atoms with Crippen molar-refractivity contribution in [3.63, 3.8) is 0 Å². The summed E-state index contributed by atoms with van der Waals surface area (Å²) < 4.78 is 13.7. The quantitative estimate of drug-likeness (QED) is 0.564. The van der Waals surface area contributed by atoms with Gasteiger partial charge in [-0.3, -0.25) is 0 Å². The molecular weight excluding hydrogens is 335 g/mol. The number of carbonyl (C=O) groups is 1. The number of hydrogen-bond donors (Lipinski definition) is 2. The number of nitrogen functional groups attached to an aromatic ring is 1. The molecule has 0 spiro atoms. The van der Waals surface area contributed by atoms with Gasteiger partial charge in [0.05, 0.1) is 0 Å². The molecule has 0 fully saturated rings. The maximum atomic E-state index is 12.4. The molecule has 21 heavy (non-hydrogen) atoms. The van der Waals surface area contributed by atoms with Gasteiger partial charge in [0.1, 0.15) is 0 Å². The van der Waals surface area contributed by atoms with E-state index in [2.05, 4.69) is 13.2 Å². The number of amides is 1. The Hall–Kier alpha value is -2.37. The summed E-state index contributed by atoms with van der Waals surface area (Å²) in [5.74, 6) is 0.282. The van der Waals surface area contributed by atoms with Gasteiger partial charge in [-0.2, -0.15) is 0 Å². The molecule has 0 saturated heterocycles. The Morgan fingerprint density at radius 3 is 2.95 bits per heavy atom. The molecule has 7 heteroatoms. The molecule has 2 aromatic carbocycles. The van der Waals surface area contributed by atoms with Gasteiger partial charge in [0.2, 0.25) is 0 Å². The summed E-state index contributed by atoms with van der Waals surface area (Å²) in [5, 5.41) is 2.83. The van der Waals surface area contributed by atoms with E-state index in [4.69, 9.17) is 10.5 Å². The summed E-state index contributed by atoms with van der Waals surface area (Å²) in [7, 11) is 1.54. The summed E-state index contributed by atoms with van der Waals surface area (Å²) in [5.41, 5.74) is 8.80. The van der Waals surface area contributed by atoms with E-state index in [1.165, 1.54) is 0 Å². The van der Waals surface area contributed by atoms with E-state index < -0.39 is 0 Å². The number of nitrogens with zero attached hydrogens (tertiary/aromatic N) is 2. The molecule has 0 bridgehead atoms. The second kappa shape index (κ2) is 5.55. The predicted octanol–water partition coefficient (Wildman–Crippen LogP) is 2.88. The van der Waals surface area contributed by atoms with Gasteiger partial charge < -0.3 is 0 Å². The van der Waals surface area contributed by atoms with Crippen molar-refractivity contribution in [3.8, 4) is 5.75 Å². The molecule has 3 rings (SSSR count). The van der Waals surface area contributed by atoms with Crippen LogP contribution in [0.15, 0.2) is 44.3 Å². The molecule has 0 radical (unpaired) electrons. The average Bonchev–Trinajstić information content (AvgIpc) is 2.97. The SMILES string of the molecule is COc1ccc(N)c(C(=O)Nc2cccc3c2N=[Se]=N3)c1. The van der Waals surface area contributed by atoms with E-state index in [-0.39, 0.29) is 20.5 Å². The third-order valence-electron chi connectivity index (χ3n) is 3.04. The molecule has 1 aliphatic heterocycles. The van der Waals surface area contributed by atoms with E-state index in [0.29, 0.717) is 22.7 Å².